The van der Waals surface area contributed by atoms with Crippen LogP contribution in [0.3, 0.4) is 0 Å². The SMILES string of the molecule is CCO[Si](CCCSSC1CCCCC1)(OCC)OCC. The van der Waals surface area contributed by atoms with Gasteiger partial charge in [-0.1, -0.05) is 40.9 Å². The lowest BCUT2D eigenvalue weighted by Crippen LogP contribution is -2.46. The van der Waals surface area contributed by atoms with Gasteiger partial charge in [0, 0.05) is 36.9 Å². The molecule has 0 atom stereocenters. The van der Waals surface area contributed by atoms with Crippen molar-refractivity contribution in [3.8, 4) is 0 Å². The van der Waals surface area contributed by atoms with Crippen LogP contribution in [-0.2, 0) is 13.3 Å². The fraction of sp³-hybridized carbons (Fsp3) is 1.00. The summed E-state index contributed by atoms with van der Waals surface area (Å²) < 4.78 is 17.7. The minimum absolute atomic E-state index is 0.677. The molecule has 3 nitrogen and oxygen atoms in total. The van der Waals surface area contributed by atoms with E-state index in [4.69, 9.17) is 13.3 Å². The molecule has 0 radical (unpaired) electrons. The van der Waals surface area contributed by atoms with Crippen molar-refractivity contribution in [2.75, 3.05) is 25.6 Å². The summed E-state index contributed by atoms with van der Waals surface area (Å²) in [4.78, 5) is 0. The van der Waals surface area contributed by atoms with Gasteiger partial charge in [-0.05, 0) is 40.0 Å². The van der Waals surface area contributed by atoms with Gasteiger partial charge >= 0.3 is 8.80 Å². The molecular formula is C15H32O3S2Si. The summed E-state index contributed by atoms with van der Waals surface area (Å²) in [6, 6.07) is 0.945. The normalized spacial score (nSPS) is 17.3. The fourth-order valence-corrected chi connectivity index (χ4v) is 8.40. The highest BCUT2D eigenvalue weighted by Crippen LogP contribution is 2.36. The van der Waals surface area contributed by atoms with Crippen molar-refractivity contribution in [1.29, 1.82) is 0 Å². The highest BCUT2D eigenvalue weighted by molar-refractivity contribution is 8.76. The Balaban J connectivity index is 2.21. The number of rotatable bonds is 12. The van der Waals surface area contributed by atoms with E-state index >= 15 is 0 Å². The Morgan fingerprint density at radius 2 is 1.48 bits per heavy atom. The van der Waals surface area contributed by atoms with Crippen LogP contribution in [0.2, 0.25) is 6.04 Å². The van der Waals surface area contributed by atoms with Crippen molar-refractivity contribution in [3.05, 3.63) is 0 Å². The monoisotopic (exact) mass is 352 g/mol. The van der Waals surface area contributed by atoms with Gasteiger partial charge in [-0.3, -0.25) is 0 Å². The third kappa shape index (κ3) is 8.28. The molecule has 1 aliphatic carbocycles. The zero-order valence-corrected chi connectivity index (χ0v) is 16.5. The van der Waals surface area contributed by atoms with Gasteiger partial charge in [0.05, 0.1) is 0 Å². The lowest BCUT2D eigenvalue weighted by molar-refractivity contribution is 0.0712. The van der Waals surface area contributed by atoms with Gasteiger partial charge in [-0.2, -0.15) is 0 Å². The summed E-state index contributed by atoms with van der Waals surface area (Å²) >= 11 is 0. The Bertz CT molecular complexity index is 234. The summed E-state index contributed by atoms with van der Waals surface area (Å²) in [7, 11) is 1.72. The van der Waals surface area contributed by atoms with E-state index in [0.717, 1.165) is 17.7 Å². The van der Waals surface area contributed by atoms with E-state index in [9.17, 15) is 0 Å². The van der Waals surface area contributed by atoms with Crippen molar-refractivity contribution in [3.63, 3.8) is 0 Å². The summed E-state index contributed by atoms with van der Waals surface area (Å²) in [6.45, 7) is 8.09. The average molecular weight is 353 g/mol. The second-order valence-electron chi connectivity index (χ2n) is 5.26. The number of hydrogen-bond acceptors (Lipinski definition) is 5. The van der Waals surface area contributed by atoms with E-state index in [-0.39, 0.29) is 0 Å². The van der Waals surface area contributed by atoms with Gasteiger partial charge in [-0.25, -0.2) is 0 Å². The predicted octanol–water partition coefficient (Wildman–Crippen LogP) is 5.14. The van der Waals surface area contributed by atoms with Crippen LogP contribution in [0.15, 0.2) is 0 Å². The van der Waals surface area contributed by atoms with Crippen LogP contribution >= 0.6 is 21.6 Å². The van der Waals surface area contributed by atoms with Crippen molar-refractivity contribution < 1.29 is 13.3 Å². The van der Waals surface area contributed by atoms with Gasteiger partial charge in [0.15, 0.2) is 0 Å². The molecule has 6 heteroatoms. The van der Waals surface area contributed by atoms with Crippen LogP contribution in [0.5, 0.6) is 0 Å². The fourth-order valence-electron chi connectivity index (χ4n) is 2.65. The van der Waals surface area contributed by atoms with Gasteiger partial charge < -0.3 is 13.3 Å². The van der Waals surface area contributed by atoms with Crippen LogP contribution in [0, 0.1) is 0 Å². The minimum atomic E-state index is -2.41. The quantitative estimate of drug-likeness (QED) is 0.275. The van der Waals surface area contributed by atoms with Crippen molar-refractivity contribution in [1.82, 2.24) is 0 Å². The topological polar surface area (TPSA) is 27.7 Å². The van der Waals surface area contributed by atoms with Crippen LogP contribution in [-0.4, -0.2) is 39.6 Å². The molecule has 0 spiro atoms. The van der Waals surface area contributed by atoms with Gasteiger partial charge in [0.1, 0.15) is 0 Å². The summed E-state index contributed by atoms with van der Waals surface area (Å²) in [5.74, 6) is 1.17. The van der Waals surface area contributed by atoms with Gasteiger partial charge in [0.25, 0.3) is 0 Å². The summed E-state index contributed by atoms with van der Waals surface area (Å²) in [5.41, 5.74) is 0. The van der Waals surface area contributed by atoms with Crippen LogP contribution in [0.4, 0.5) is 0 Å². The lowest BCUT2D eigenvalue weighted by Gasteiger charge is -2.28. The first-order valence-corrected chi connectivity index (χ1v) is 12.8. The Labute approximate surface area is 140 Å². The molecule has 0 amide bonds. The molecule has 0 bridgehead atoms. The van der Waals surface area contributed by atoms with Crippen LogP contribution < -0.4 is 0 Å². The molecule has 0 aliphatic heterocycles. The molecule has 0 aromatic carbocycles. The van der Waals surface area contributed by atoms with E-state index in [1.807, 2.05) is 31.6 Å². The zero-order chi connectivity index (χ0) is 15.4. The molecule has 0 aromatic heterocycles. The predicted molar refractivity (Wildman–Crippen MR) is 97.0 cm³/mol. The number of hydrogen-bond donors (Lipinski definition) is 0. The first-order valence-electron chi connectivity index (χ1n) is 8.46. The smallest absolute Gasteiger partial charge is 0.374 e. The molecular weight excluding hydrogens is 320 g/mol. The summed E-state index contributed by atoms with van der Waals surface area (Å²) in [6.07, 6.45) is 8.23. The first-order chi connectivity index (χ1) is 10.3. The van der Waals surface area contributed by atoms with Crippen molar-refractivity contribution >= 4 is 30.4 Å². The maximum Gasteiger partial charge on any atom is 0.500 e. The van der Waals surface area contributed by atoms with Gasteiger partial charge in [-0.15, -0.1) is 0 Å². The van der Waals surface area contributed by atoms with Gasteiger partial charge in [0.2, 0.25) is 0 Å². The molecule has 0 aromatic rings. The Hall–Kier alpha value is 0.797. The van der Waals surface area contributed by atoms with E-state index in [1.165, 1.54) is 37.9 Å². The van der Waals surface area contributed by atoms with Crippen molar-refractivity contribution in [2.45, 2.75) is 70.6 Å². The second-order valence-corrected chi connectivity index (χ2v) is 10.8. The maximum atomic E-state index is 5.89. The Kier molecular flexibility index (Phi) is 11.6. The van der Waals surface area contributed by atoms with E-state index in [1.54, 1.807) is 0 Å². The molecule has 1 rings (SSSR count). The molecule has 0 N–H and O–H groups in total. The molecule has 1 saturated carbocycles. The highest BCUT2D eigenvalue weighted by atomic mass is 33.1. The molecule has 1 fully saturated rings. The van der Waals surface area contributed by atoms with Crippen LogP contribution in [0.1, 0.15) is 59.3 Å². The largest absolute Gasteiger partial charge is 0.500 e. The molecule has 1 aliphatic rings. The Morgan fingerprint density at radius 1 is 0.905 bits per heavy atom. The summed E-state index contributed by atoms with van der Waals surface area (Å²) in [5, 5.41) is 0.886. The third-order valence-electron chi connectivity index (χ3n) is 3.56. The van der Waals surface area contributed by atoms with Crippen molar-refractivity contribution in [2.24, 2.45) is 0 Å². The standard InChI is InChI=1S/C15H32O3S2Si/c1-4-16-21(17-5-2,18-6-3)14-10-13-19-20-15-11-8-7-9-12-15/h15H,4-14H2,1-3H3. The lowest BCUT2D eigenvalue weighted by atomic mass is 10.0. The van der Waals surface area contributed by atoms with E-state index < -0.39 is 8.80 Å². The van der Waals surface area contributed by atoms with E-state index in [2.05, 4.69) is 10.8 Å². The Morgan fingerprint density at radius 3 is 2.00 bits per heavy atom. The van der Waals surface area contributed by atoms with E-state index in [0.29, 0.717) is 19.8 Å². The molecule has 126 valence electrons. The van der Waals surface area contributed by atoms with Crippen LogP contribution in [0.25, 0.3) is 0 Å². The highest BCUT2D eigenvalue weighted by Gasteiger charge is 2.39. The average Bonchev–Trinajstić information content (AvgIpc) is 2.49. The minimum Gasteiger partial charge on any atom is -0.374 e. The molecule has 0 saturated heterocycles. The molecule has 0 unspecified atom stereocenters. The zero-order valence-electron chi connectivity index (χ0n) is 13.9. The molecule has 0 heterocycles. The second kappa shape index (κ2) is 12.2. The first kappa shape index (κ1) is 19.8. The maximum absolute atomic E-state index is 5.89. The molecule has 21 heavy (non-hydrogen) atoms. The third-order valence-corrected chi connectivity index (χ3v) is 9.77.